The number of fused-ring (bicyclic) bond motifs is 4. The third kappa shape index (κ3) is 1.60. The molecule has 0 atom stereocenters. The summed E-state index contributed by atoms with van der Waals surface area (Å²) in [4.78, 5) is 4.84. The highest BCUT2D eigenvalue weighted by molar-refractivity contribution is 5.86. The number of anilines is 1. The quantitative estimate of drug-likeness (QED) is 0.616. The van der Waals surface area contributed by atoms with Gasteiger partial charge in [-0.2, -0.15) is 0 Å². The van der Waals surface area contributed by atoms with Gasteiger partial charge in [0.25, 0.3) is 0 Å². The molecule has 2 aromatic carbocycles. The predicted octanol–water partition coefficient (Wildman–Crippen LogP) is 3.58. The number of hydrogen-bond donors (Lipinski definition) is 1. The monoisotopic (exact) mass is 246 g/mol. The Morgan fingerprint density at radius 1 is 0.895 bits per heavy atom. The van der Waals surface area contributed by atoms with E-state index in [1.54, 1.807) is 0 Å². The Morgan fingerprint density at radius 3 is 2.68 bits per heavy atom. The second kappa shape index (κ2) is 3.82. The molecule has 2 N–H and O–H groups in total. The maximum atomic E-state index is 5.85. The van der Waals surface area contributed by atoms with Gasteiger partial charge in [0.1, 0.15) is 0 Å². The van der Waals surface area contributed by atoms with Gasteiger partial charge >= 0.3 is 0 Å². The van der Waals surface area contributed by atoms with Gasteiger partial charge in [-0.25, -0.2) is 4.98 Å². The van der Waals surface area contributed by atoms with Crippen molar-refractivity contribution in [1.82, 2.24) is 4.98 Å². The van der Waals surface area contributed by atoms with Crippen LogP contribution in [0.2, 0.25) is 0 Å². The zero-order valence-corrected chi connectivity index (χ0v) is 10.6. The van der Waals surface area contributed by atoms with E-state index < -0.39 is 0 Å². The Morgan fingerprint density at radius 2 is 1.74 bits per heavy atom. The molecular weight excluding hydrogens is 232 g/mol. The van der Waals surface area contributed by atoms with Gasteiger partial charge in [0.05, 0.1) is 11.2 Å². The Balaban J connectivity index is 2.03. The van der Waals surface area contributed by atoms with E-state index in [4.69, 9.17) is 10.7 Å². The molecule has 0 spiro atoms. The minimum Gasteiger partial charge on any atom is -0.399 e. The summed E-state index contributed by atoms with van der Waals surface area (Å²) in [6, 6.07) is 16.7. The van der Waals surface area contributed by atoms with E-state index in [-0.39, 0.29) is 0 Å². The minimum absolute atomic E-state index is 0.797. The summed E-state index contributed by atoms with van der Waals surface area (Å²) < 4.78 is 0. The van der Waals surface area contributed by atoms with Crippen LogP contribution >= 0.6 is 0 Å². The zero-order chi connectivity index (χ0) is 12.8. The maximum absolute atomic E-state index is 5.85. The van der Waals surface area contributed by atoms with Crippen LogP contribution in [0.15, 0.2) is 48.5 Å². The molecule has 0 bridgehead atoms. The number of aryl methyl sites for hydroxylation is 2. The van der Waals surface area contributed by atoms with E-state index in [2.05, 4.69) is 30.3 Å². The van der Waals surface area contributed by atoms with Crippen LogP contribution in [0.3, 0.4) is 0 Å². The molecule has 1 aliphatic carbocycles. The second-order valence-electron chi connectivity index (χ2n) is 5.11. The topological polar surface area (TPSA) is 38.9 Å². The lowest BCUT2D eigenvalue weighted by Crippen LogP contribution is -2.05. The molecule has 0 unspecified atom stereocenters. The van der Waals surface area contributed by atoms with Crippen LogP contribution in [0.5, 0.6) is 0 Å². The van der Waals surface area contributed by atoms with Gasteiger partial charge in [0, 0.05) is 16.6 Å². The van der Waals surface area contributed by atoms with Crippen LogP contribution in [0.1, 0.15) is 11.1 Å². The molecule has 0 saturated carbocycles. The van der Waals surface area contributed by atoms with E-state index in [1.165, 1.54) is 16.7 Å². The van der Waals surface area contributed by atoms with Crippen molar-refractivity contribution in [2.24, 2.45) is 0 Å². The summed E-state index contributed by atoms with van der Waals surface area (Å²) in [6.07, 6.45) is 2.16. The molecule has 1 heterocycles. The van der Waals surface area contributed by atoms with Crippen LogP contribution in [-0.2, 0) is 12.8 Å². The van der Waals surface area contributed by atoms with Crippen molar-refractivity contribution < 1.29 is 0 Å². The summed E-state index contributed by atoms with van der Waals surface area (Å²) >= 11 is 0. The fraction of sp³-hybridized carbons (Fsp3) is 0.118. The van der Waals surface area contributed by atoms with Crippen molar-refractivity contribution >= 4 is 16.6 Å². The summed E-state index contributed by atoms with van der Waals surface area (Å²) in [7, 11) is 0. The van der Waals surface area contributed by atoms with E-state index in [9.17, 15) is 0 Å². The maximum Gasteiger partial charge on any atom is 0.0744 e. The predicted molar refractivity (Wildman–Crippen MR) is 79.0 cm³/mol. The molecule has 1 aromatic heterocycles. The molecule has 1 aliphatic rings. The van der Waals surface area contributed by atoms with Crippen molar-refractivity contribution in [1.29, 1.82) is 0 Å². The highest BCUT2D eigenvalue weighted by atomic mass is 14.7. The van der Waals surface area contributed by atoms with Gasteiger partial charge in [0.2, 0.25) is 0 Å². The molecule has 3 aromatic rings. The first kappa shape index (κ1) is 10.6. The number of hydrogen-bond acceptors (Lipinski definition) is 2. The van der Waals surface area contributed by atoms with Gasteiger partial charge in [-0.1, -0.05) is 24.3 Å². The third-order valence-electron chi connectivity index (χ3n) is 3.85. The Bertz CT molecular complexity index is 790. The molecule has 0 saturated heterocycles. The minimum atomic E-state index is 0.797. The average molecular weight is 246 g/mol. The standard InChI is InChI=1S/C17H14N2/c18-14-7-8-16-13(10-14)9-12-6-5-11-3-1-2-4-15(11)17(12)19-16/h1-4,7-10H,5-6,18H2. The van der Waals surface area contributed by atoms with Crippen molar-refractivity contribution in [3.8, 4) is 11.3 Å². The Labute approximate surface area is 111 Å². The number of aromatic nitrogens is 1. The zero-order valence-electron chi connectivity index (χ0n) is 10.6. The molecule has 0 aliphatic heterocycles. The first-order chi connectivity index (χ1) is 9.31. The Kier molecular flexibility index (Phi) is 2.12. The molecule has 0 fully saturated rings. The fourth-order valence-corrected chi connectivity index (χ4v) is 2.90. The second-order valence-corrected chi connectivity index (χ2v) is 5.11. The number of nitrogens with two attached hydrogens (primary N) is 1. The van der Waals surface area contributed by atoms with Gasteiger partial charge in [-0.3, -0.25) is 0 Å². The number of nitrogens with zero attached hydrogens (tertiary/aromatic N) is 1. The van der Waals surface area contributed by atoms with Crippen molar-refractivity contribution in [3.05, 3.63) is 59.7 Å². The highest BCUT2D eigenvalue weighted by Crippen LogP contribution is 2.33. The molecular formula is C17H14N2. The largest absolute Gasteiger partial charge is 0.399 e. The van der Waals surface area contributed by atoms with Crippen molar-refractivity contribution in [3.63, 3.8) is 0 Å². The van der Waals surface area contributed by atoms with Crippen LogP contribution in [0.25, 0.3) is 22.2 Å². The molecule has 4 rings (SSSR count). The Hall–Kier alpha value is -2.35. The lowest BCUT2D eigenvalue weighted by atomic mass is 9.88. The summed E-state index contributed by atoms with van der Waals surface area (Å²) in [5.41, 5.74) is 12.8. The molecule has 19 heavy (non-hydrogen) atoms. The summed E-state index contributed by atoms with van der Waals surface area (Å²) in [5, 5.41) is 1.14. The average Bonchev–Trinajstić information content (AvgIpc) is 2.45. The molecule has 0 amide bonds. The number of pyridine rings is 1. The number of nitrogen functional groups attached to an aromatic ring is 1. The van der Waals surface area contributed by atoms with Crippen LogP contribution in [0, 0.1) is 0 Å². The van der Waals surface area contributed by atoms with Gasteiger partial charge in [-0.05, 0) is 48.2 Å². The van der Waals surface area contributed by atoms with Crippen LogP contribution in [-0.4, -0.2) is 4.98 Å². The molecule has 92 valence electrons. The van der Waals surface area contributed by atoms with Gasteiger partial charge in [-0.15, -0.1) is 0 Å². The van der Waals surface area contributed by atoms with E-state index in [1.807, 2.05) is 18.2 Å². The van der Waals surface area contributed by atoms with Crippen LogP contribution < -0.4 is 5.73 Å². The lowest BCUT2D eigenvalue weighted by molar-refractivity contribution is 0.933. The van der Waals surface area contributed by atoms with Crippen molar-refractivity contribution in [2.45, 2.75) is 12.8 Å². The third-order valence-corrected chi connectivity index (χ3v) is 3.85. The molecule has 0 radical (unpaired) electrons. The van der Waals surface area contributed by atoms with Gasteiger partial charge in [0.15, 0.2) is 0 Å². The van der Waals surface area contributed by atoms with Crippen LogP contribution in [0.4, 0.5) is 5.69 Å². The SMILES string of the molecule is Nc1ccc2nc3c(cc2c1)CCc1ccccc1-3. The molecule has 2 heteroatoms. The number of rotatable bonds is 0. The lowest BCUT2D eigenvalue weighted by Gasteiger charge is -2.19. The fourth-order valence-electron chi connectivity index (χ4n) is 2.90. The van der Waals surface area contributed by atoms with E-state index in [0.717, 1.165) is 35.1 Å². The van der Waals surface area contributed by atoms with E-state index >= 15 is 0 Å². The summed E-state index contributed by atoms with van der Waals surface area (Å²) in [6.45, 7) is 0. The smallest absolute Gasteiger partial charge is 0.0744 e. The molecule has 2 nitrogen and oxygen atoms in total. The summed E-state index contributed by atoms with van der Waals surface area (Å²) in [5.74, 6) is 0. The first-order valence-electron chi connectivity index (χ1n) is 6.59. The number of benzene rings is 2. The van der Waals surface area contributed by atoms with Crippen molar-refractivity contribution in [2.75, 3.05) is 5.73 Å². The van der Waals surface area contributed by atoms with E-state index in [0.29, 0.717) is 0 Å². The highest BCUT2D eigenvalue weighted by Gasteiger charge is 2.17. The first-order valence-corrected chi connectivity index (χ1v) is 6.59. The normalized spacial score (nSPS) is 13.1. The van der Waals surface area contributed by atoms with Gasteiger partial charge < -0.3 is 5.73 Å².